The van der Waals surface area contributed by atoms with E-state index >= 15 is 0 Å². The second-order valence-corrected chi connectivity index (χ2v) is 10.7. The van der Waals surface area contributed by atoms with Gasteiger partial charge < -0.3 is 8.98 Å². The van der Waals surface area contributed by atoms with Gasteiger partial charge in [0.25, 0.3) is 0 Å². The van der Waals surface area contributed by atoms with E-state index in [1.807, 2.05) is 18.2 Å². The summed E-state index contributed by atoms with van der Waals surface area (Å²) in [5, 5.41) is 4.75. The molecule has 0 spiro atoms. The first-order chi connectivity index (χ1) is 19.3. The predicted octanol–water partition coefficient (Wildman–Crippen LogP) is 10.8. The normalized spacial score (nSPS) is 11.7. The zero-order valence-corrected chi connectivity index (χ0v) is 22.5. The molecule has 0 saturated carbocycles. The van der Waals surface area contributed by atoms with Crippen LogP contribution in [0.2, 0.25) is 0 Å². The molecule has 39 heavy (non-hydrogen) atoms. The fourth-order valence-electron chi connectivity index (χ4n) is 5.92. The smallest absolute Gasteiger partial charge is 0.137 e. The maximum absolute atomic E-state index is 6.23. The van der Waals surface area contributed by atoms with Gasteiger partial charge in [-0.1, -0.05) is 101 Å². The minimum absolute atomic E-state index is 0.903. The van der Waals surface area contributed by atoms with E-state index < -0.39 is 0 Å². The highest BCUT2D eigenvalue weighted by Gasteiger charge is 2.18. The van der Waals surface area contributed by atoms with Crippen LogP contribution >= 0.6 is 15.9 Å². The Balaban J connectivity index is 1.37. The van der Waals surface area contributed by atoms with Gasteiger partial charge in [-0.25, -0.2) is 0 Å². The number of benzene rings is 6. The molecule has 184 valence electrons. The van der Waals surface area contributed by atoms with Crippen LogP contribution in [0, 0.1) is 0 Å². The maximum atomic E-state index is 6.23. The molecule has 8 aromatic rings. The Morgan fingerprint density at radius 1 is 0.487 bits per heavy atom. The Bertz CT molecular complexity index is 2200. The van der Waals surface area contributed by atoms with Crippen LogP contribution in [0.4, 0.5) is 0 Å². The van der Waals surface area contributed by atoms with Crippen molar-refractivity contribution in [2.45, 2.75) is 0 Å². The van der Waals surface area contributed by atoms with E-state index in [-0.39, 0.29) is 0 Å². The van der Waals surface area contributed by atoms with Crippen LogP contribution in [0.5, 0.6) is 0 Å². The third-order valence-corrected chi connectivity index (χ3v) is 8.37. The van der Waals surface area contributed by atoms with Gasteiger partial charge in [-0.3, -0.25) is 0 Å². The van der Waals surface area contributed by atoms with Crippen molar-refractivity contribution in [2.24, 2.45) is 0 Å². The fourth-order valence-corrected chi connectivity index (χ4v) is 6.43. The van der Waals surface area contributed by atoms with Crippen molar-refractivity contribution in [3.8, 4) is 27.9 Å². The van der Waals surface area contributed by atoms with Crippen molar-refractivity contribution in [3.05, 3.63) is 138 Å². The highest BCUT2D eigenvalue weighted by Crippen LogP contribution is 2.40. The lowest BCUT2D eigenvalue weighted by Gasteiger charge is -2.11. The molecule has 2 heterocycles. The van der Waals surface area contributed by atoms with Crippen LogP contribution in [0.1, 0.15) is 0 Å². The van der Waals surface area contributed by atoms with Crippen molar-refractivity contribution in [3.63, 3.8) is 0 Å². The molecule has 0 aliphatic rings. The number of fused-ring (bicyclic) bond motifs is 6. The molecule has 6 aromatic carbocycles. The topological polar surface area (TPSA) is 18.1 Å². The number of hydrogen-bond donors (Lipinski definition) is 0. The van der Waals surface area contributed by atoms with E-state index in [2.05, 4.69) is 136 Å². The zero-order valence-electron chi connectivity index (χ0n) is 20.9. The van der Waals surface area contributed by atoms with E-state index in [0.29, 0.717) is 0 Å². The number of aromatic nitrogens is 1. The summed E-state index contributed by atoms with van der Waals surface area (Å²) >= 11 is 3.72. The second kappa shape index (κ2) is 8.72. The molecule has 0 radical (unpaired) electrons. The summed E-state index contributed by atoms with van der Waals surface area (Å²) in [4.78, 5) is 0. The van der Waals surface area contributed by atoms with Crippen molar-refractivity contribution in [1.82, 2.24) is 4.57 Å². The number of hydrogen-bond acceptors (Lipinski definition) is 1. The first-order valence-corrected chi connectivity index (χ1v) is 13.8. The number of furan rings is 1. The number of nitrogens with zero attached hydrogens (tertiary/aromatic N) is 1. The van der Waals surface area contributed by atoms with E-state index in [9.17, 15) is 0 Å². The lowest BCUT2D eigenvalue weighted by atomic mass is 9.98. The van der Waals surface area contributed by atoms with Crippen LogP contribution in [0.25, 0.3) is 71.7 Å². The van der Waals surface area contributed by atoms with Crippen LogP contribution in [-0.2, 0) is 0 Å². The molecule has 3 heteroatoms. The van der Waals surface area contributed by atoms with Crippen LogP contribution in [0.3, 0.4) is 0 Å². The Morgan fingerprint density at radius 2 is 1.18 bits per heavy atom. The van der Waals surface area contributed by atoms with Gasteiger partial charge in [0.2, 0.25) is 0 Å². The van der Waals surface area contributed by atoms with Crippen LogP contribution in [0.15, 0.2) is 142 Å². The van der Waals surface area contributed by atoms with Crippen molar-refractivity contribution < 1.29 is 4.42 Å². The third kappa shape index (κ3) is 3.47. The monoisotopic (exact) mass is 563 g/mol. The molecule has 8 rings (SSSR count). The third-order valence-electron chi connectivity index (χ3n) is 7.67. The molecule has 0 fully saturated rings. The Morgan fingerprint density at radius 3 is 2.10 bits per heavy atom. The van der Waals surface area contributed by atoms with Gasteiger partial charge in [0.05, 0.1) is 22.1 Å². The Hall–Kier alpha value is -4.60. The molecule has 0 bridgehead atoms. The molecule has 0 saturated heterocycles. The lowest BCUT2D eigenvalue weighted by Crippen LogP contribution is -1.94. The molecule has 2 nitrogen and oxygen atoms in total. The van der Waals surface area contributed by atoms with Crippen LogP contribution < -0.4 is 0 Å². The molecule has 0 amide bonds. The summed E-state index contributed by atoms with van der Waals surface area (Å²) < 4.78 is 9.72. The number of para-hydroxylation sites is 2. The molecule has 0 atom stereocenters. The summed E-state index contributed by atoms with van der Waals surface area (Å²) in [5.41, 5.74) is 10.1. The summed E-state index contributed by atoms with van der Waals surface area (Å²) in [6.07, 6.45) is 0. The molecule has 2 aromatic heterocycles. The van der Waals surface area contributed by atoms with Crippen molar-refractivity contribution in [2.75, 3.05) is 0 Å². The average Bonchev–Trinajstić information content (AvgIpc) is 3.53. The molecular formula is C36H22BrNO. The van der Waals surface area contributed by atoms with Gasteiger partial charge in [0, 0.05) is 20.6 Å². The van der Waals surface area contributed by atoms with E-state index in [1.54, 1.807) is 0 Å². The van der Waals surface area contributed by atoms with E-state index in [1.165, 1.54) is 44.1 Å². The number of halogens is 1. The van der Waals surface area contributed by atoms with E-state index in [4.69, 9.17) is 4.42 Å². The molecule has 0 N–H and O–H groups in total. The maximum Gasteiger partial charge on any atom is 0.137 e. The fraction of sp³-hybridized carbons (Fsp3) is 0. The minimum Gasteiger partial charge on any atom is -0.456 e. The first kappa shape index (κ1) is 22.4. The quantitative estimate of drug-likeness (QED) is 0.209. The van der Waals surface area contributed by atoms with Gasteiger partial charge in [0.1, 0.15) is 11.2 Å². The summed E-state index contributed by atoms with van der Waals surface area (Å²) in [6, 6.07) is 47.3. The molecular weight excluding hydrogens is 542 g/mol. The van der Waals surface area contributed by atoms with Crippen LogP contribution in [-0.4, -0.2) is 4.57 Å². The molecule has 0 unspecified atom stereocenters. The first-order valence-electron chi connectivity index (χ1n) is 13.1. The Kier molecular flexibility index (Phi) is 5.01. The molecule has 0 aliphatic carbocycles. The van der Waals surface area contributed by atoms with Gasteiger partial charge in [-0.05, 0) is 70.8 Å². The minimum atomic E-state index is 0.903. The molecule has 0 aliphatic heterocycles. The standard InChI is InChI=1S/C36H22BrNO/c37-30-14-4-1-11-26(30)25-10-7-9-23(21-25)24-19-20-32-29(22-24)27-12-2-5-15-31(27)38(32)33-16-8-18-35-36(33)28-13-3-6-17-34(28)39-35/h1-22H. The highest BCUT2D eigenvalue weighted by molar-refractivity contribution is 9.10. The van der Waals surface area contributed by atoms with E-state index in [0.717, 1.165) is 32.1 Å². The highest BCUT2D eigenvalue weighted by atomic mass is 79.9. The van der Waals surface area contributed by atoms with Gasteiger partial charge in [-0.15, -0.1) is 0 Å². The SMILES string of the molecule is Brc1ccccc1-c1cccc(-c2ccc3c(c2)c2ccccc2n3-c2cccc3oc4ccccc4c23)c1. The van der Waals surface area contributed by atoms with Gasteiger partial charge in [0.15, 0.2) is 0 Å². The van der Waals surface area contributed by atoms with Crippen molar-refractivity contribution in [1.29, 1.82) is 0 Å². The van der Waals surface area contributed by atoms with Gasteiger partial charge >= 0.3 is 0 Å². The second-order valence-electron chi connectivity index (χ2n) is 9.89. The number of rotatable bonds is 3. The summed E-state index contributed by atoms with van der Waals surface area (Å²) in [7, 11) is 0. The summed E-state index contributed by atoms with van der Waals surface area (Å²) in [6.45, 7) is 0. The van der Waals surface area contributed by atoms with Gasteiger partial charge in [-0.2, -0.15) is 0 Å². The lowest BCUT2D eigenvalue weighted by molar-refractivity contribution is 0.669. The van der Waals surface area contributed by atoms with Crippen molar-refractivity contribution >= 4 is 59.7 Å². The largest absolute Gasteiger partial charge is 0.456 e. The average molecular weight is 564 g/mol. The predicted molar refractivity (Wildman–Crippen MR) is 167 cm³/mol. The summed E-state index contributed by atoms with van der Waals surface area (Å²) in [5.74, 6) is 0. The zero-order chi connectivity index (χ0) is 25.9. The Labute approximate surface area is 233 Å².